The van der Waals surface area contributed by atoms with E-state index in [2.05, 4.69) is 31.3 Å². The Hall–Kier alpha value is -2.56. The number of furan rings is 1. The molecule has 5 heteroatoms. The topological polar surface area (TPSA) is 79.5 Å². The van der Waals surface area contributed by atoms with Crippen molar-refractivity contribution in [1.29, 1.82) is 0 Å². The SMILES string of the molecule is CC1(C)[C@@H]2CC(NC(=O)c3cccc4ccoc34)[C@@H](CC=CCCCC(=O)O)[C@H]1C2. The summed E-state index contributed by atoms with van der Waals surface area (Å²) in [6, 6.07) is 7.70. The molecule has 0 spiro atoms. The molecule has 2 aromatic rings. The molecule has 5 rings (SSSR count). The minimum Gasteiger partial charge on any atom is -0.481 e. The van der Waals surface area contributed by atoms with E-state index in [4.69, 9.17) is 9.52 Å². The molecule has 1 unspecified atom stereocenters. The Kier molecular flexibility index (Phi) is 5.72. The van der Waals surface area contributed by atoms with Gasteiger partial charge in [0.25, 0.3) is 5.91 Å². The number of carbonyl (C=O) groups is 2. The highest BCUT2D eigenvalue weighted by Gasteiger charge is 2.57. The normalized spacial score (nSPS) is 27.1. The van der Waals surface area contributed by atoms with Gasteiger partial charge in [0.15, 0.2) is 0 Å². The Bertz CT molecular complexity index is 957. The molecular weight excluding hydrogens is 378 g/mol. The summed E-state index contributed by atoms with van der Waals surface area (Å²) in [5.41, 5.74) is 1.56. The van der Waals surface area contributed by atoms with Crippen LogP contribution in [0.25, 0.3) is 11.0 Å². The zero-order valence-electron chi connectivity index (χ0n) is 17.8. The Labute approximate surface area is 177 Å². The van der Waals surface area contributed by atoms with E-state index in [0.29, 0.717) is 40.7 Å². The Morgan fingerprint density at radius 1 is 1.23 bits per heavy atom. The predicted octanol–water partition coefficient (Wildman–Crippen LogP) is 5.41. The van der Waals surface area contributed by atoms with Crippen LogP contribution in [0.5, 0.6) is 0 Å². The third kappa shape index (κ3) is 3.90. The lowest BCUT2D eigenvalue weighted by Gasteiger charge is -2.62. The Balaban J connectivity index is 1.44. The van der Waals surface area contributed by atoms with E-state index in [1.807, 2.05) is 24.3 Å². The molecule has 4 atom stereocenters. The van der Waals surface area contributed by atoms with Gasteiger partial charge in [0.05, 0.1) is 11.8 Å². The second-order valence-corrected chi connectivity index (χ2v) is 9.48. The molecule has 2 N–H and O–H groups in total. The molecule has 0 saturated heterocycles. The smallest absolute Gasteiger partial charge is 0.303 e. The minimum absolute atomic E-state index is 0.0601. The number of hydrogen-bond acceptors (Lipinski definition) is 3. The van der Waals surface area contributed by atoms with Gasteiger partial charge in [-0.15, -0.1) is 0 Å². The van der Waals surface area contributed by atoms with Crippen LogP contribution in [0, 0.1) is 23.2 Å². The van der Waals surface area contributed by atoms with Crippen LogP contribution in [-0.4, -0.2) is 23.0 Å². The first-order valence-electron chi connectivity index (χ1n) is 11.0. The summed E-state index contributed by atoms with van der Waals surface area (Å²) in [4.78, 5) is 23.7. The number of benzene rings is 1. The summed E-state index contributed by atoms with van der Waals surface area (Å²) in [6.07, 6.45) is 10.8. The quantitative estimate of drug-likeness (QED) is 0.451. The van der Waals surface area contributed by atoms with Gasteiger partial charge in [-0.25, -0.2) is 0 Å². The highest BCUT2D eigenvalue weighted by molar-refractivity contribution is 6.04. The van der Waals surface area contributed by atoms with Gasteiger partial charge < -0.3 is 14.8 Å². The molecule has 3 saturated carbocycles. The van der Waals surface area contributed by atoms with Gasteiger partial charge in [-0.05, 0) is 67.4 Å². The highest BCUT2D eigenvalue weighted by Crippen LogP contribution is 2.62. The number of carbonyl (C=O) groups excluding carboxylic acids is 1. The number of amides is 1. The molecule has 1 heterocycles. The molecule has 1 aromatic heterocycles. The van der Waals surface area contributed by atoms with Crippen LogP contribution in [0.4, 0.5) is 0 Å². The van der Waals surface area contributed by atoms with Gasteiger partial charge >= 0.3 is 5.97 Å². The second kappa shape index (κ2) is 8.29. The number of para-hydroxylation sites is 1. The number of allylic oxidation sites excluding steroid dienone is 2. The minimum atomic E-state index is -0.743. The molecule has 3 fully saturated rings. The lowest BCUT2D eigenvalue weighted by atomic mass is 9.44. The largest absolute Gasteiger partial charge is 0.481 e. The number of unbranched alkanes of at least 4 members (excludes halogenated alkanes) is 1. The van der Waals surface area contributed by atoms with Crippen LogP contribution in [0.15, 0.2) is 47.1 Å². The standard InChI is InChI=1S/C25H31NO4/c1-25(2)17-14-20(25)18(9-5-3-4-6-11-22(27)28)21(15-17)26-24(29)19-10-7-8-16-12-13-30-23(16)19/h3,5,7-8,10,12-13,17-18,20-21H,4,6,9,11,14-15H2,1-2H3,(H,26,29)(H,27,28)/t17-,18-,20+,21?/m0/s1. The number of aliphatic carboxylic acids is 1. The van der Waals surface area contributed by atoms with Gasteiger partial charge in [-0.1, -0.05) is 38.1 Å². The van der Waals surface area contributed by atoms with Crippen LogP contribution < -0.4 is 5.32 Å². The number of carboxylic acid groups (broad SMARTS) is 1. The van der Waals surface area contributed by atoms with Crippen molar-refractivity contribution < 1.29 is 19.1 Å². The first kappa shape index (κ1) is 20.7. The molecule has 0 radical (unpaired) electrons. The first-order chi connectivity index (χ1) is 14.4. The summed E-state index contributed by atoms with van der Waals surface area (Å²) < 4.78 is 5.55. The van der Waals surface area contributed by atoms with Crippen LogP contribution in [-0.2, 0) is 4.79 Å². The Morgan fingerprint density at radius 3 is 2.83 bits per heavy atom. The van der Waals surface area contributed by atoms with Crippen molar-refractivity contribution >= 4 is 22.8 Å². The van der Waals surface area contributed by atoms with E-state index in [-0.39, 0.29) is 18.4 Å². The van der Waals surface area contributed by atoms with Gasteiger partial charge in [0, 0.05) is 17.8 Å². The zero-order valence-corrected chi connectivity index (χ0v) is 17.8. The van der Waals surface area contributed by atoms with Gasteiger partial charge in [0.1, 0.15) is 5.58 Å². The fourth-order valence-electron chi connectivity index (χ4n) is 5.60. The molecule has 0 aliphatic heterocycles. The summed E-state index contributed by atoms with van der Waals surface area (Å²) >= 11 is 0. The summed E-state index contributed by atoms with van der Waals surface area (Å²) in [5, 5.41) is 13.0. The van der Waals surface area contributed by atoms with Crippen LogP contribution in [0.1, 0.15) is 62.7 Å². The van der Waals surface area contributed by atoms with Crippen molar-refractivity contribution in [2.24, 2.45) is 23.2 Å². The van der Waals surface area contributed by atoms with Crippen molar-refractivity contribution in [3.05, 3.63) is 48.2 Å². The van der Waals surface area contributed by atoms with E-state index in [9.17, 15) is 9.59 Å². The van der Waals surface area contributed by atoms with E-state index in [1.165, 1.54) is 6.42 Å². The summed E-state index contributed by atoms with van der Waals surface area (Å²) in [6.45, 7) is 4.72. The maximum absolute atomic E-state index is 13.1. The summed E-state index contributed by atoms with van der Waals surface area (Å²) in [7, 11) is 0. The molecule has 5 nitrogen and oxygen atoms in total. The van der Waals surface area contributed by atoms with Crippen LogP contribution in [0.3, 0.4) is 0 Å². The average Bonchev–Trinajstić information content (AvgIpc) is 3.19. The Morgan fingerprint density at radius 2 is 2.07 bits per heavy atom. The number of fused-ring (bicyclic) bond motifs is 3. The third-order valence-corrected chi connectivity index (χ3v) is 7.49. The van der Waals surface area contributed by atoms with Crippen LogP contribution in [0.2, 0.25) is 0 Å². The lowest BCUT2D eigenvalue weighted by molar-refractivity contribution is -0.137. The van der Waals surface area contributed by atoms with E-state index < -0.39 is 5.97 Å². The molecule has 3 aliphatic rings. The molecular formula is C25H31NO4. The fraction of sp³-hybridized carbons (Fsp3) is 0.520. The van der Waals surface area contributed by atoms with Gasteiger partial charge in [0.2, 0.25) is 0 Å². The molecule has 1 aromatic carbocycles. The number of hydrogen-bond donors (Lipinski definition) is 2. The maximum Gasteiger partial charge on any atom is 0.303 e. The molecule has 2 bridgehead atoms. The molecule has 3 aliphatic carbocycles. The maximum atomic E-state index is 13.1. The van der Waals surface area contributed by atoms with Crippen molar-refractivity contribution in [3.8, 4) is 0 Å². The zero-order chi connectivity index (χ0) is 21.3. The molecule has 160 valence electrons. The predicted molar refractivity (Wildman–Crippen MR) is 116 cm³/mol. The van der Waals surface area contributed by atoms with Gasteiger partial charge in [-0.3, -0.25) is 9.59 Å². The molecule has 30 heavy (non-hydrogen) atoms. The third-order valence-electron chi connectivity index (χ3n) is 7.49. The average molecular weight is 410 g/mol. The molecule has 1 amide bonds. The highest BCUT2D eigenvalue weighted by atomic mass is 16.4. The monoisotopic (exact) mass is 409 g/mol. The van der Waals surface area contributed by atoms with E-state index in [0.717, 1.165) is 24.6 Å². The van der Waals surface area contributed by atoms with Crippen molar-refractivity contribution in [1.82, 2.24) is 5.32 Å². The number of carboxylic acids is 1. The lowest BCUT2D eigenvalue weighted by Crippen LogP contribution is -2.61. The van der Waals surface area contributed by atoms with Crippen molar-refractivity contribution in [2.45, 2.75) is 58.4 Å². The van der Waals surface area contributed by atoms with E-state index >= 15 is 0 Å². The van der Waals surface area contributed by atoms with Crippen molar-refractivity contribution in [2.75, 3.05) is 0 Å². The first-order valence-corrected chi connectivity index (χ1v) is 11.0. The fourth-order valence-corrected chi connectivity index (χ4v) is 5.60. The van der Waals surface area contributed by atoms with E-state index in [1.54, 1.807) is 6.26 Å². The summed E-state index contributed by atoms with van der Waals surface area (Å²) in [5.74, 6) is 0.857. The second-order valence-electron chi connectivity index (χ2n) is 9.48. The number of nitrogens with one attached hydrogen (secondary N) is 1. The number of rotatable bonds is 8. The van der Waals surface area contributed by atoms with Gasteiger partial charge in [-0.2, -0.15) is 0 Å². The van der Waals surface area contributed by atoms with Crippen LogP contribution >= 0.6 is 0 Å². The van der Waals surface area contributed by atoms with Crippen molar-refractivity contribution in [3.63, 3.8) is 0 Å².